The van der Waals surface area contributed by atoms with Gasteiger partial charge in [0.2, 0.25) is 0 Å². The smallest absolute Gasteiger partial charge is 0.178 e. The standard InChI is InChI=1S/C22H19N3/c1-14-8-7-11-18-16(3)23-22(25-21(14)18)19-13-12-15(2)20(24-19)17-9-5-4-6-10-17/h4-13H,1-3H3. The molecule has 2 heterocycles. The molecule has 4 aromatic rings. The number of rotatable bonds is 2. The van der Waals surface area contributed by atoms with Crippen LogP contribution in [0.2, 0.25) is 0 Å². The summed E-state index contributed by atoms with van der Waals surface area (Å²) in [5, 5.41) is 1.10. The maximum absolute atomic E-state index is 4.87. The van der Waals surface area contributed by atoms with Crippen LogP contribution in [0.1, 0.15) is 16.8 Å². The molecule has 0 aliphatic heterocycles. The van der Waals surface area contributed by atoms with Crippen molar-refractivity contribution in [3.63, 3.8) is 0 Å². The summed E-state index contributed by atoms with van der Waals surface area (Å²) in [6.45, 7) is 6.19. The Morgan fingerprint density at radius 3 is 2.24 bits per heavy atom. The van der Waals surface area contributed by atoms with E-state index in [0.29, 0.717) is 5.82 Å². The minimum absolute atomic E-state index is 0.677. The molecule has 0 unspecified atom stereocenters. The van der Waals surface area contributed by atoms with Crippen LogP contribution in [0.5, 0.6) is 0 Å². The number of hydrogen-bond acceptors (Lipinski definition) is 3. The van der Waals surface area contributed by atoms with E-state index in [1.165, 1.54) is 0 Å². The fraction of sp³-hybridized carbons (Fsp3) is 0.136. The molecule has 0 bridgehead atoms. The van der Waals surface area contributed by atoms with E-state index >= 15 is 0 Å². The van der Waals surface area contributed by atoms with E-state index in [0.717, 1.165) is 44.7 Å². The number of fused-ring (bicyclic) bond motifs is 1. The van der Waals surface area contributed by atoms with Crippen LogP contribution in [-0.2, 0) is 0 Å². The molecule has 0 saturated carbocycles. The van der Waals surface area contributed by atoms with E-state index in [9.17, 15) is 0 Å². The molecule has 0 saturated heterocycles. The lowest BCUT2D eigenvalue weighted by atomic mass is 10.1. The Morgan fingerprint density at radius 1 is 0.640 bits per heavy atom. The number of hydrogen-bond donors (Lipinski definition) is 0. The van der Waals surface area contributed by atoms with Crippen molar-refractivity contribution in [3.05, 3.63) is 77.5 Å². The predicted molar refractivity (Wildman–Crippen MR) is 102 cm³/mol. The van der Waals surface area contributed by atoms with Crippen molar-refractivity contribution in [2.75, 3.05) is 0 Å². The third-order valence-electron chi connectivity index (χ3n) is 4.49. The summed E-state index contributed by atoms with van der Waals surface area (Å²) in [7, 11) is 0. The van der Waals surface area contributed by atoms with Crippen LogP contribution in [0.25, 0.3) is 33.7 Å². The van der Waals surface area contributed by atoms with Gasteiger partial charge in [0.15, 0.2) is 5.82 Å². The van der Waals surface area contributed by atoms with E-state index in [2.05, 4.69) is 44.2 Å². The van der Waals surface area contributed by atoms with E-state index in [-0.39, 0.29) is 0 Å². The average Bonchev–Trinajstić information content (AvgIpc) is 2.63. The second-order valence-corrected chi connectivity index (χ2v) is 6.33. The lowest BCUT2D eigenvalue weighted by molar-refractivity contribution is 1.12. The molecule has 0 aliphatic carbocycles. The van der Waals surface area contributed by atoms with Crippen LogP contribution in [0.15, 0.2) is 60.7 Å². The van der Waals surface area contributed by atoms with Gasteiger partial charge in [0.1, 0.15) is 5.69 Å². The van der Waals surface area contributed by atoms with E-state index in [1.54, 1.807) is 0 Å². The summed E-state index contributed by atoms with van der Waals surface area (Å²) in [6, 6.07) is 20.5. The lowest BCUT2D eigenvalue weighted by Gasteiger charge is -2.10. The zero-order chi connectivity index (χ0) is 17.4. The fourth-order valence-electron chi connectivity index (χ4n) is 3.11. The van der Waals surface area contributed by atoms with Gasteiger partial charge in [-0.05, 0) is 38.0 Å². The van der Waals surface area contributed by atoms with E-state index in [1.807, 2.05) is 37.3 Å². The number of nitrogens with zero attached hydrogens (tertiary/aromatic N) is 3. The monoisotopic (exact) mass is 325 g/mol. The predicted octanol–water partition coefficient (Wildman–Crippen LogP) is 5.28. The Kier molecular flexibility index (Phi) is 3.77. The van der Waals surface area contributed by atoms with Crippen LogP contribution in [-0.4, -0.2) is 15.0 Å². The minimum Gasteiger partial charge on any atom is -0.244 e. The molecule has 4 rings (SSSR count). The molecular weight excluding hydrogens is 306 g/mol. The van der Waals surface area contributed by atoms with Gasteiger partial charge in [-0.1, -0.05) is 54.6 Å². The zero-order valence-electron chi connectivity index (χ0n) is 14.6. The van der Waals surface area contributed by atoms with Crippen molar-refractivity contribution in [3.8, 4) is 22.8 Å². The summed E-state index contributed by atoms with van der Waals surface area (Å²) in [6.07, 6.45) is 0. The summed E-state index contributed by atoms with van der Waals surface area (Å²) in [5.41, 5.74) is 7.15. The van der Waals surface area contributed by atoms with E-state index in [4.69, 9.17) is 15.0 Å². The molecule has 0 radical (unpaired) electrons. The maximum Gasteiger partial charge on any atom is 0.178 e. The fourth-order valence-corrected chi connectivity index (χ4v) is 3.11. The highest BCUT2D eigenvalue weighted by atomic mass is 14.9. The summed E-state index contributed by atoms with van der Waals surface area (Å²) < 4.78 is 0. The summed E-state index contributed by atoms with van der Waals surface area (Å²) >= 11 is 0. The maximum atomic E-state index is 4.87. The highest BCUT2D eigenvalue weighted by molar-refractivity contribution is 5.85. The summed E-state index contributed by atoms with van der Waals surface area (Å²) in [5.74, 6) is 0.677. The first-order chi connectivity index (χ1) is 12.1. The molecule has 0 aliphatic rings. The first kappa shape index (κ1) is 15.5. The number of para-hydroxylation sites is 1. The molecule has 0 spiro atoms. The first-order valence-corrected chi connectivity index (χ1v) is 8.41. The highest BCUT2D eigenvalue weighted by Crippen LogP contribution is 2.26. The SMILES string of the molecule is Cc1ccc(-c2nc(C)c3cccc(C)c3n2)nc1-c1ccccc1. The van der Waals surface area contributed by atoms with Crippen molar-refractivity contribution in [2.24, 2.45) is 0 Å². The van der Waals surface area contributed by atoms with Crippen LogP contribution < -0.4 is 0 Å². The van der Waals surface area contributed by atoms with Crippen molar-refractivity contribution in [2.45, 2.75) is 20.8 Å². The zero-order valence-corrected chi connectivity index (χ0v) is 14.6. The molecule has 3 nitrogen and oxygen atoms in total. The quantitative estimate of drug-likeness (QED) is 0.503. The van der Waals surface area contributed by atoms with Gasteiger partial charge in [-0.2, -0.15) is 0 Å². The molecule has 0 N–H and O–H groups in total. The highest BCUT2D eigenvalue weighted by Gasteiger charge is 2.12. The summed E-state index contributed by atoms with van der Waals surface area (Å²) in [4.78, 5) is 14.4. The largest absolute Gasteiger partial charge is 0.244 e. The third-order valence-corrected chi connectivity index (χ3v) is 4.49. The topological polar surface area (TPSA) is 38.7 Å². The number of aromatic nitrogens is 3. The number of pyridine rings is 1. The lowest BCUT2D eigenvalue weighted by Crippen LogP contribution is -1.99. The first-order valence-electron chi connectivity index (χ1n) is 8.41. The average molecular weight is 325 g/mol. The molecule has 25 heavy (non-hydrogen) atoms. The second-order valence-electron chi connectivity index (χ2n) is 6.33. The molecular formula is C22H19N3. The van der Waals surface area contributed by atoms with Gasteiger partial charge >= 0.3 is 0 Å². The van der Waals surface area contributed by atoms with Gasteiger partial charge in [0.05, 0.1) is 11.2 Å². The molecule has 0 fully saturated rings. The van der Waals surface area contributed by atoms with Crippen LogP contribution in [0.3, 0.4) is 0 Å². The number of benzene rings is 2. The molecule has 2 aromatic heterocycles. The normalized spacial score (nSPS) is 11.0. The van der Waals surface area contributed by atoms with Gasteiger partial charge in [0.25, 0.3) is 0 Å². The van der Waals surface area contributed by atoms with E-state index < -0.39 is 0 Å². The van der Waals surface area contributed by atoms with Gasteiger partial charge < -0.3 is 0 Å². The Bertz CT molecular complexity index is 1070. The van der Waals surface area contributed by atoms with Gasteiger partial charge in [-0.25, -0.2) is 15.0 Å². The minimum atomic E-state index is 0.677. The van der Waals surface area contributed by atoms with Crippen molar-refractivity contribution in [1.29, 1.82) is 0 Å². The van der Waals surface area contributed by atoms with Crippen LogP contribution in [0, 0.1) is 20.8 Å². The van der Waals surface area contributed by atoms with Crippen LogP contribution in [0.4, 0.5) is 0 Å². The Morgan fingerprint density at radius 2 is 1.44 bits per heavy atom. The third kappa shape index (κ3) is 2.78. The van der Waals surface area contributed by atoms with Crippen molar-refractivity contribution in [1.82, 2.24) is 15.0 Å². The molecule has 0 atom stereocenters. The van der Waals surface area contributed by atoms with Crippen LogP contribution >= 0.6 is 0 Å². The van der Waals surface area contributed by atoms with Gasteiger partial charge in [-0.15, -0.1) is 0 Å². The molecule has 2 aromatic carbocycles. The Balaban J connectivity index is 1.91. The Labute approximate surface area is 147 Å². The second kappa shape index (κ2) is 6.10. The molecule has 3 heteroatoms. The van der Waals surface area contributed by atoms with Crippen molar-refractivity contribution >= 4 is 10.9 Å². The number of aryl methyl sites for hydroxylation is 3. The van der Waals surface area contributed by atoms with Crippen molar-refractivity contribution < 1.29 is 0 Å². The van der Waals surface area contributed by atoms with Gasteiger partial charge in [-0.3, -0.25) is 0 Å². The molecule has 122 valence electrons. The van der Waals surface area contributed by atoms with Gasteiger partial charge in [0, 0.05) is 16.6 Å². The molecule has 0 amide bonds. The Hall–Kier alpha value is -3.07.